The fourth-order valence-electron chi connectivity index (χ4n) is 2.47. The quantitative estimate of drug-likeness (QED) is 0.691. The molecule has 0 radical (unpaired) electrons. The SMILES string of the molecule is COC(=O)C1=C(O)/C(=C\c2cc(OC)ccc2O)SC1=Nc1cccc(Cl)c1. The molecule has 0 saturated carbocycles. The minimum Gasteiger partial charge on any atom is -0.507 e. The molecular formula is C20H16ClNO5S. The van der Waals surface area contributed by atoms with E-state index < -0.39 is 5.97 Å². The number of hydrogen-bond acceptors (Lipinski definition) is 7. The number of phenols is 1. The smallest absolute Gasteiger partial charge is 0.344 e. The van der Waals surface area contributed by atoms with Gasteiger partial charge in [-0.25, -0.2) is 9.79 Å². The Morgan fingerprint density at radius 1 is 1.18 bits per heavy atom. The molecule has 1 aliphatic rings. The van der Waals surface area contributed by atoms with Crippen molar-refractivity contribution in [3.8, 4) is 11.5 Å². The van der Waals surface area contributed by atoms with Gasteiger partial charge in [0, 0.05) is 10.6 Å². The van der Waals surface area contributed by atoms with Crippen molar-refractivity contribution in [2.45, 2.75) is 0 Å². The molecule has 0 saturated heterocycles. The third-order valence-corrected chi connectivity index (χ3v) is 5.10. The topological polar surface area (TPSA) is 88.4 Å². The summed E-state index contributed by atoms with van der Waals surface area (Å²) in [6.07, 6.45) is 1.54. The lowest BCUT2D eigenvalue weighted by atomic mass is 10.1. The molecule has 8 heteroatoms. The van der Waals surface area contributed by atoms with Gasteiger partial charge in [0.05, 0.1) is 24.8 Å². The van der Waals surface area contributed by atoms with Crippen LogP contribution in [0.15, 0.2) is 63.7 Å². The van der Waals surface area contributed by atoms with Crippen molar-refractivity contribution < 1.29 is 24.5 Å². The maximum absolute atomic E-state index is 12.2. The number of carbonyl (C=O) groups excluding carboxylic acids is 1. The van der Waals surface area contributed by atoms with Crippen molar-refractivity contribution in [2.24, 2.45) is 4.99 Å². The monoisotopic (exact) mass is 417 g/mol. The van der Waals surface area contributed by atoms with Gasteiger partial charge < -0.3 is 19.7 Å². The van der Waals surface area contributed by atoms with Gasteiger partial charge >= 0.3 is 5.97 Å². The number of aliphatic hydroxyl groups is 1. The first-order chi connectivity index (χ1) is 13.4. The van der Waals surface area contributed by atoms with Crippen molar-refractivity contribution in [3.05, 3.63) is 69.3 Å². The molecule has 0 bridgehead atoms. The molecule has 0 unspecified atom stereocenters. The summed E-state index contributed by atoms with van der Waals surface area (Å²) in [5.74, 6) is -0.456. The average Bonchev–Trinajstić information content (AvgIpc) is 2.98. The van der Waals surface area contributed by atoms with Crippen LogP contribution in [0.2, 0.25) is 5.02 Å². The lowest BCUT2D eigenvalue weighted by molar-refractivity contribution is -0.135. The molecule has 2 aromatic rings. The lowest BCUT2D eigenvalue weighted by Crippen LogP contribution is -2.10. The molecule has 3 rings (SSSR count). The van der Waals surface area contributed by atoms with Crippen LogP contribution in [0.4, 0.5) is 5.69 Å². The highest BCUT2D eigenvalue weighted by atomic mass is 35.5. The van der Waals surface area contributed by atoms with Gasteiger partial charge in [0.1, 0.15) is 27.9 Å². The first-order valence-electron chi connectivity index (χ1n) is 8.06. The highest BCUT2D eigenvalue weighted by molar-refractivity contribution is 8.18. The van der Waals surface area contributed by atoms with Gasteiger partial charge in [-0.3, -0.25) is 0 Å². The second-order valence-corrected chi connectivity index (χ2v) is 7.11. The van der Waals surface area contributed by atoms with E-state index in [0.29, 0.717) is 26.9 Å². The zero-order valence-corrected chi connectivity index (χ0v) is 16.5. The maximum Gasteiger partial charge on any atom is 0.344 e. The van der Waals surface area contributed by atoms with E-state index in [-0.39, 0.29) is 22.1 Å². The standard InChI is InChI=1S/C20H16ClNO5S/c1-26-14-6-7-15(23)11(8-14)9-16-18(24)17(20(25)27-2)19(28-16)22-13-5-3-4-12(21)10-13/h3-10,23-24H,1-2H3/b16-9+,22-19?. The van der Waals surface area contributed by atoms with E-state index in [9.17, 15) is 15.0 Å². The van der Waals surface area contributed by atoms with Crippen LogP contribution in [0.25, 0.3) is 6.08 Å². The highest BCUT2D eigenvalue weighted by Crippen LogP contribution is 2.41. The van der Waals surface area contributed by atoms with E-state index >= 15 is 0 Å². The van der Waals surface area contributed by atoms with E-state index in [1.807, 2.05) is 0 Å². The number of methoxy groups -OCH3 is 2. The van der Waals surface area contributed by atoms with E-state index in [2.05, 4.69) is 4.99 Å². The summed E-state index contributed by atoms with van der Waals surface area (Å²) in [6, 6.07) is 11.5. The second kappa shape index (κ2) is 8.41. The lowest BCUT2D eigenvalue weighted by Gasteiger charge is -2.04. The van der Waals surface area contributed by atoms with Crippen molar-refractivity contribution in [2.75, 3.05) is 14.2 Å². The summed E-state index contributed by atoms with van der Waals surface area (Å²) in [5, 5.41) is 21.4. The first-order valence-corrected chi connectivity index (χ1v) is 9.25. The van der Waals surface area contributed by atoms with E-state index in [0.717, 1.165) is 11.8 Å². The third kappa shape index (κ3) is 4.16. The van der Waals surface area contributed by atoms with Crippen LogP contribution in [0, 0.1) is 0 Å². The number of phenolic OH excluding ortho intramolecular Hbond substituents is 1. The third-order valence-electron chi connectivity index (χ3n) is 3.84. The number of ether oxygens (including phenoxy) is 2. The number of halogens is 1. The molecule has 0 amide bonds. The molecule has 0 aromatic heterocycles. The average molecular weight is 418 g/mol. The number of thioether (sulfide) groups is 1. The number of aromatic hydroxyl groups is 1. The van der Waals surface area contributed by atoms with Gasteiger partial charge in [0.15, 0.2) is 0 Å². The Hall–Kier alpha value is -2.90. The van der Waals surface area contributed by atoms with Crippen LogP contribution in [-0.2, 0) is 9.53 Å². The molecule has 0 atom stereocenters. The largest absolute Gasteiger partial charge is 0.507 e. The van der Waals surface area contributed by atoms with E-state index in [1.54, 1.807) is 42.5 Å². The summed E-state index contributed by atoms with van der Waals surface area (Å²) in [4.78, 5) is 17.0. The molecule has 0 aliphatic carbocycles. The Kier molecular flexibility index (Phi) is 5.96. The second-order valence-electron chi connectivity index (χ2n) is 5.65. The predicted molar refractivity (Wildman–Crippen MR) is 110 cm³/mol. The molecule has 2 N–H and O–H groups in total. The minimum absolute atomic E-state index is 0.00143. The number of rotatable bonds is 4. The summed E-state index contributed by atoms with van der Waals surface area (Å²) in [7, 11) is 2.73. The fourth-order valence-corrected chi connectivity index (χ4v) is 3.68. The Labute approximate surface area is 170 Å². The van der Waals surface area contributed by atoms with Crippen LogP contribution in [-0.4, -0.2) is 35.4 Å². The predicted octanol–water partition coefficient (Wildman–Crippen LogP) is 4.86. The molecule has 2 aromatic carbocycles. The molecule has 144 valence electrons. The Morgan fingerprint density at radius 2 is 1.96 bits per heavy atom. The fraction of sp³-hybridized carbons (Fsp3) is 0.100. The molecule has 1 heterocycles. The summed E-state index contributed by atoms with van der Waals surface area (Å²) in [6.45, 7) is 0. The molecule has 0 fully saturated rings. The van der Waals surface area contributed by atoms with Gasteiger partial charge in [-0.2, -0.15) is 0 Å². The van der Waals surface area contributed by atoms with Gasteiger partial charge in [-0.05, 0) is 42.5 Å². The van der Waals surface area contributed by atoms with Crippen LogP contribution in [0.3, 0.4) is 0 Å². The van der Waals surface area contributed by atoms with E-state index in [4.69, 9.17) is 21.1 Å². The summed E-state index contributed by atoms with van der Waals surface area (Å²) in [5.41, 5.74) is 0.886. The Morgan fingerprint density at radius 3 is 2.64 bits per heavy atom. The number of esters is 1. The van der Waals surface area contributed by atoms with Gasteiger partial charge in [0.2, 0.25) is 0 Å². The van der Waals surface area contributed by atoms with Gasteiger partial charge in [-0.1, -0.05) is 29.4 Å². The number of hydrogen-bond donors (Lipinski definition) is 2. The number of aliphatic hydroxyl groups excluding tert-OH is 1. The Bertz CT molecular complexity index is 1030. The van der Waals surface area contributed by atoms with Gasteiger partial charge in [-0.15, -0.1) is 0 Å². The Balaban J connectivity index is 2.08. The van der Waals surface area contributed by atoms with E-state index in [1.165, 1.54) is 20.3 Å². The van der Waals surface area contributed by atoms with Crippen LogP contribution >= 0.6 is 23.4 Å². The van der Waals surface area contributed by atoms with Gasteiger partial charge in [0.25, 0.3) is 0 Å². The summed E-state index contributed by atoms with van der Waals surface area (Å²) < 4.78 is 9.94. The zero-order chi connectivity index (χ0) is 20.3. The van der Waals surface area contributed by atoms with Crippen LogP contribution < -0.4 is 4.74 Å². The molecule has 1 aliphatic heterocycles. The maximum atomic E-state index is 12.2. The normalized spacial score (nSPS) is 16.7. The zero-order valence-electron chi connectivity index (χ0n) is 15.0. The molecule has 28 heavy (non-hydrogen) atoms. The van der Waals surface area contributed by atoms with Crippen LogP contribution in [0.1, 0.15) is 5.56 Å². The molecule has 6 nitrogen and oxygen atoms in total. The highest BCUT2D eigenvalue weighted by Gasteiger charge is 2.33. The van der Waals surface area contributed by atoms with Crippen LogP contribution in [0.5, 0.6) is 11.5 Å². The molecule has 0 spiro atoms. The molecular weight excluding hydrogens is 402 g/mol. The van der Waals surface area contributed by atoms with Crippen molar-refractivity contribution >= 4 is 46.1 Å². The van der Waals surface area contributed by atoms with Crippen molar-refractivity contribution in [1.29, 1.82) is 0 Å². The number of aliphatic imine (C=N–C) groups is 1. The number of benzene rings is 2. The minimum atomic E-state index is -0.718. The number of carbonyl (C=O) groups is 1. The number of nitrogens with zero attached hydrogens (tertiary/aromatic N) is 1. The van der Waals surface area contributed by atoms with Crippen molar-refractivity contribution in [1.82, 2.24) is 0 Å². The summed E-state index contributed by atoms with van der Waals surface area (Å²) >= 11 is 7.07. The first kappa shape index (κ1) is 19.9. The van der Waals surface area contributed by atoms with Crippen molar-refractivity contribution in [3.63, 3.8) is 0 Å².